The van der Waals surface area contributed by atoms with Gasteiger partial charge in [-0.15, -0.1) is 0 Å². The molecule has 0 saturated carbocycles. The Morgan fingerprint density at radius 2 is 1.67 bits per heavy atom. The smallest absolute Gasteiger partial charge is 0.119 e. The van der Waals surface area contributed by atoms with Crippen LogP contribution in [0.25, 0.3) is 0 Å². The number of rotatable bonds is 9. The van der Waals surface area contributed by atoms with Crippen molar-refractivity contribution in [2.24, 2.45) is 0 Å². The van der Waals surface area contributed by atoms with E-state index in [9.17, 15) is 0 Å². The van der Waals surface area contributed by atoms with Gasteiger partial charge in [-0.2, -0.15) is 0 Å². The molecule has 1 atom stereocenters. The molecule has 0 aromatic heterocycles. The summed E-state index contributed by atoms with van der Waals surface area (Å²) in [6, 6.07) is 7.69. The first kappa shape index (κ1) is 14.9. The van der Waals surface area contributed by atoms with Crippen LogP contribution in [0.5, 0.6) is 5.75 Å². The Kier molecular flexibility index (Phi) is 7.31. The molecular weight excluding hydrogens is 222 g/mol. The summed E-state index contributed by atoms with van der Waals surface area (Å²) in [6.07, 6.45) is 9.19. The summed E-state index contributed by atoms with van der Waals surface area (Å²) in [4.78, 5) is 0. The van der Waals surface area contributed by atoms with Crippen LogP contribution in [0.15, 0.2) is 24.3 Å². The highest BCUT2D eigenvalue weighted by atomic mass is 16.5. The van der Waals surface area contributed by atoms with Gasteiger partial charge in [0, 0.05) is 5.69 Å². The van der Waals surface area contributed by atoms with Gasteiger partial charge in [0.2, 0.25) is 0 Å². The number of anilines is 1. The van der Waals surface area contributed by atoms with E-state index in [0.29, 0.717) is 6.10 Å². The SMILES string of the molecule is CCCCCCCC(CC)Oc1ccc(N)cc1. The molecule has 102 valence electrons. The van der Waals surface area contributed by atoms with Gasteiger partial charge in [-0.3, -0.25) is 0 Å². The molecule has 0 radical (unpaired) electrons. The molecule has 18 heavy (non-hydrogen) atoms. The normalized spacial score (nSPS) is 12.3. The minimum atomic E-state index is 0.343. The van der Waals surface area contributed by atoms with Crippen molar-refractivity contribution in [1.29, 1.82) is 0 Å². The first-order valence-corrected chi connectivity index (χ1v) is 7.28. The topological polar surface area (TPSA) is 35.2 Å². The predicted octanol–water partition coefficient (Wildman–Crippen LogP) is 4.79. The van der Waals surface area contributed by atoms with Gasteiger partial charge >= 0.3 is 0 Å². The fourth-order valence-electron chi connectivity index (χ4n) is 2.06. The van der Waals surface area contributed by atoms with Gasteiger partial charge in [-0.05, 0) is 43.5 Å². The van der Waals surface area contributed by atoms with Crippen LogP contribution >= 0.6 is 0 Å². The Hall–Kier alpha value is -1.18. The van der Waals surface area contributed by atoms with Crippen molar-refractivity contribution in [3.05, 3.63) is 24.3 Å². The van der Waals surface area contributed by atoms with Crippen LogP contribution in [0.2, 0.25) is 0 Å². The fourth-order valence-corrected chi connectivity index (χ4v) is 2.06. The second-order valence-electron chi connectivity index (χ2n) is 4.92. The Bertz CT molecular complexity index is 307. The molecule has 1 aromatic rings. The maximum atomic E-state index is 5.97. The predicted molar refractivity (Wildman–Crippen MR) is 78.9 cm³/mol. The van der Waals surface area contributed by atoms with Gasteiger partial charge in [-0.25, -0.2) is 0 Å². The molecular formula is C16H27NO. The zero-order valence-electron chi connectivity index (χ0n) is 11.8. The Balaban J connectivity index is 2.26. The average molecular weight is 249 g/mol. The molecule has 0 heterocycles. The molecule has 2 N–H and O–H groups in total. The number of hydrogen-bond acceptors (Lipinski definition) is 2. The average Bonchev–Trinajstić information content (AvgIpc) is 2.39. The third kappa shape index (κ3) is 5.95. The molecule has 1 unspecified atom stereocenters. The molecule has 1 rings (SSSR count). The van der Waals surface area contributed by atoms with Gasteiger partial charge < -0.3 is 10.5 Å². The lowest BCUT2D eigenvalue weighted by Crippen LogP contribution is -2.15. The second-order valence-corrected chi connectivity index (χ2v) is 4.92. The molecule has 0 bridgehead atoms. The number of hydrogen-bond donors (Lipinski definition) is 1. The zero-order chi connectivity index (χ0) is 13.2. The molecule has 0 aliphatic rings. The highest BCUT2D eigenvalue weighted by Gasteiger charge is 2.07. The van der Waals surface area contributed by atoms with Gasteiger partial charge in [0.05, 0.1) is 6.10 Å². The van der Waals surface area contributed by atoms with Gasteiger partial charge in [0.1, 0.15) is 5.75 Å². The van der Waals surface area contributed by atoms with Crippen molar-refractivity contribution in [2.75, 3.05) is 5.73 Å². The lowest BCUT2D eigenvalue weighted by Gasteiger charge is -2.17. The third-order valence-electron chi connectivity index (χ3n) is 3.27. The van der Waals surface area contributed by atoms with E-state index in [0.717, 1.165) is 24.3 Å². The van der Waals surface area contributed by atoms with Gasteiger partial charge in [0.25, 0.3) is 0 Å². The Morgan fingerprint density at radius 1 is 1.00 bits per heavy atom. The van der Waals surface area contributed by atoms with Crippen LogP contribution < -0.4 is 10.5 Å². The highest BCUT2D eigenvalue weighted by Crippen LogP contribution is 2.18. The molecule has 2 heteroatoms. The monoisotopic (exact) mass is 249 g/mol. The van der Waals surface area contributed by atoms with Gasteiger partial charge in [-0.1, -0.05) is 39.5 Å². The maximum absolute atomic E-state index is 5.97. The number of nitrogens with two attached hydrogens (primary N) is 1. The first-order chi connectivity index (χ1) is 8.76. The minimum absolute atomic E-state index is 0.343. The van der Waals surface area contributed by atoms with E-state index < -0.39 is 0 Å². The van der Waals surface area contributed by atoms with Crippen molar-refractivity contribution in [3.8, 4) is 5.75 Å². The summed E-state index contributed by atoms with van der Waals surface area (Å²) in [7, 11) is 0. The summed E-state index contributed by atoms with van der Waals surface area (Å²) in [5.41, 5.74) is 6.45. The second kappa shape index (κ2) is 8.84. The van der Waals surface area contributed by atoms with Crippen LogP contribution in [0.3, 0.4) is 0 Å². The lowest BCUT2D eigenvalue weighted by molar-refractivity contribution is 0.182. The summed E-state index contributed by atoms with van der Waals surface area (Å²) >= 11 is 0. The summed E-state index contributed by atoms with van der Waals surface area (Å²) in [5, 5.41) is 0. The van der Waals surface area contributed by atoms with Crippen molar-refractivity contribution in [3.63, 3.8) is 0 Å². The number of nitrogen functional groups attached to an aromatic ring is 1. The molecule has 0 fully saturated rings. The van der Waals surface area contributed by atoms with Crippen molar-refractivity contribution >= 4 is 5.69 Å². The van der Waals surface area contributed by atoms with E-state index in [4.69, 9.17) is 10.5 Å². The van der Waals surface area contributed by atoms with Crippen LogP contribution in [0.4, 0.5) is 5.69 Å². The third-order valence-corrected chi connectivity index (χ3v) is 3.27. The van der Waals surface area contributed by atoms with E-state index in [2.05, 4.69) is 13.8 Å². The number of benzene rings is 1. The largest absolute Gasteiger partial charge is 0.490 e. The first-order valence-electron chi connectivity index (χ1n) is 7.28. The van der Waals surface area contributed by atoms with Crippen LogP contribution in [-0.2, 0) is 0 Å². The van der Waals surface area contributed by atoms with Crippen molar-refractivity contribution < 1.29 is 4.74 Å². The van der Waals surface area contributed by atoms with Crippen molar-refractivity contribution in [1.82, 2.24) is 0 Å². The van der Waals surface area contributed by atoms with E-state index in [1.165, 1.54) is 32.1 Å². The molecule has 0 spiro atoms. The Morgan fingerprint density at radius 3 is 2.28 bits per heavy atom. The highest BCUT2D eigenvalue weighted by molar-refractivity contribution is 5.41. The maximum Gasteiger partial charge on any atom is 0.119 e. The standard InChI is InChI=1S/C16H27NO/c1-3-5-6-7-8-9-15(4-2)18-16-12-10-14(17)11-13-16/h10-13,15H,3-9,17H2,1-2H3. The van der Waals surface area contributed by atoms with E-state index in [1.54, 1.807) is 0 Å². The van der Waals surface area contributed by atoms with Gasteiger partial charge in [0.15, 0.2) is 0 Å². The number of ether oxygens (including phenoxy) is 1. The quantitative estimate of drug-likeness (QED) is 0.504. The van der Waals surface area contributed by atoms with Crippen molar-refractivity contribution in [2.45, 2.75) is 64.9 Å². The molecule has 0 amide bonds. The molecule has 0 aliphatic heterocycles. The van der Waals surface area contributed by atoms with Crippen LogP contribution in [-0.4, -0.2) is 6.10 Å². The minimum Gasteiger partial charge on any atom is -0.490 e. The molecule has 1 aromatic carbocycles. The van der Waals surface area contributed by atoms with Crippen LogP contribution in [0.1, 0.15) is 58.8 Å². The molecule has 2 nitrogen and oxygen atoms in total. The summed E-state index contributed by atoms with van der Waals surface area (Å²) in [5.74, 6) is 0.935. The van der Waals surface area contributed by atoms with E-state index in [-0.39, 0.29) is 0 Å². The summed E-state index contributed by atoms with van der Waals surface area (Å²) in [6.45, 7) is 4.44. The lowest BCUT2D eigenvalue weighted by atomic mass is 10.1. The number of unbranched alkanes of at least 4 members (excludes halogenated alkanes) is 4. The zero-order valence-corrected chi connectivity index (χ0v) is 11.8. The Labute approximate surface area is 112 Å². The molecule has 0 aliphatic carbocycles. The fraction of sp³-hybridized carbons (Fsp3) is 0.625. The van der Waals surface area contributed by atoms with E-state index in [1.807, 2.05) is 24.3 Å². The van der Waals surface area contributed by atoms with Crippen LogP contribution in [0, 0.1) is 0 Å². The molecule has 0 saturated heterocycles. The summed E-state index contributed by atoms with van der Waals surface area (Å²) < 4.78 is 5.97. The van der Waals surface area contributed by atoms with E-state index >= 15 is 0 Å².